The maximum atomic E-state index is 5.42. The zero-order chi connectivity index (χ0) is 9.40. The quantitative estimate of drug-likeness (QED) is 0.574. The zero-order valence-electron chi connectivity index (χ0n) is 8.77. The van der Waals surface area contributed by atoms with Gasteiger partial charge in [0.15, 0.2) is 0 Å². The molecule has 0 aliphatic carbocycles. The van der Waals surface area contributed by atoms with E-state index in [1.165, 1.54) is 12.8 Å². The summed E-state index contributed by atoms with van der Waals surface area (Å²) in [5.41, 5.74) is 5.42. The molecule has 3 N–H and O–H groups in total. The summed E-state index contributed by atoms with van der Waals surface area (Å²) in [5.74, 6) is 0.822. The predicted molar refractivity (Wildman–Crippen MR) is 55.2 cm³/mol. The van der Waals surface area contributed by atoms with Gasteiger partial charge < -0.3 is 11.1 Å². The molecule has 0 saturated carbocycles. The molecule has 0 aromatic carbocycles. The van der Waals surface area contributed by atoms with Crippen LogP contribution < -0.4 is 11.1 Å². The van der Waals surface area contributed by atoms with Gasteiger partial charge in [0.1, 0.15) is 0 Å². The van der Waals surface area contributed by atoms with Crippen LogP contribution in [-0.2, 0) is 0 Å². The monoisotopic (exact) mass is 172 g/mol. The van der Waals surface area contributed by atoms with E-state index in [0.29, 0.717) is 6.04 Å². The Morgan fingerprint density at radius 1 is 1.25 bits per heavy atom. The van der Waals surface area contributed by atoms with Crippen molar-refractivity contribution in [1.29, 1.82) is 0 Å². The highest BCUT2D eigenvalue weighted by Crippen LogP contribution is 2.12. The molecule has 0 saturated heterocycles. The Kier molecular flexibility index (Phi) is 7.51. The fraction of sp³-hybridized carbons (Fsp3) is 1.00. The van der Waals surface area contributed by atoms with Crippen LogP contribution in [0.5, 0.6) is 0 Å². The summed E-state index contributed by atoms with van der Waals surface area (Å²) >= 11 is 0. The predicted octanol–water partition coefficient (Wildman–Crippen LogP) is 1.75. The Morgan fingerprint density at radius 3 is 2.25 bits per heavy atom. The fourth-order valence-corrected chi connectivity index (χ4v) is 1.59. The molecule has 0 aromatic rings. The van der Waals surface area contributed by atoms with Gasteiger partial charge in [-0.15, -0.1) is 0 Å². The Morgan fingerprint density at radius 2 is 1.83 bits per heavy atom. The van der Waals surface area contributed by atoms with Crippen molar-refractivity contribution in [2.24, 2.45) is 11.7 Å². The summed E-state index contributed by atoms with van der Waals surface area (Å²) in [4.78, 5) is 0. The van der Waals surface area contributed by atoms with Crippen molar-refractivity contribution in [3.8, 4) is 0 Å². The standard InChI is InChI=1S/C10H24N2/c1-4-10(5-2)9(3)12-8-6-7-11/h9-10,12H,4-8,11H2,1-3H3. The second-order valence-corrected chi connectivity index (χ2v) is 3.46. The maximum Gasteiger partial charge on any atom is 0.00668 e. The van der Waals surface area contributed by atoms with Crippen LogP contribution in [0.3, 0.4) is 0 Å². The third-order valence-corrected chi connectivity index (χ3v) is 2.60. The van der Waals surface area contributed by atoms with Crippen molar-refractivity contribution in [3.63, 3.8) is 0 Å². The van der Waals surface area contributed by atoms with Crippen LogP contribution in [0.2, 0.25) is 0 Å². The van der Waals surface area contributed by atoms with Crippen LogP contribution in [0, 0.1) is 5.92 Å². The van der Waals surface area contributed by atoms with Crippen LogP contribution in [0.1, 0.15) is 40.0 Å². The Bertz CT molecular complexity index is 89.8. The zero-order valence-corrected chi connectivity index (χ0v) is 8.77. The summed E-state index contributed by atoms with van der Waals surface area (Å²) in [6.07, 6.45) is 3.63. The van der Waals surface area contributed by atoms with Crippen LogP contribution >= 0.6 is 0 Å². The van der Waals surface area contributed by atoms with E-state index >= 15 is 0 Å². The van der Waals surface area contributed by atoms with Gasteiger partial charge in [0.2, 0.25) is 0 Å². The van der Waals surface area contributed by atoms with Gasteiger partial charge in [-0.3, -0.25) is 0 Å². The van der Waals surface area contributed by atoms with Crippen LogP contribution in [-0.4, -0.2) is 19.1 Å². The number of hydrogen-bond donors (Lipinski definition) is 2. The fourth-order valence-electron chi connectivity index (χ4n) is 1.59. The summed E-state index contributed by atoms with van der Waals surface area (Å²) in [5, 5.41) is 3.51. The van der Waals surface area contributed by atoms with Crippen molar-refractivity contribution in [2.75, 3.05) is 13.1 Å². The van der Waals surface area contributed by atoms with E-state index < -0.39 is 0 Å². The third kappa shape index (κ3) is 4.73. The van der Waals surface area contributed by atoms with Crippen molar-refractivity contribution < 1.29 is 0 Å². The average Bonchev–Trinajstić information content (AvgIpc) is 2.07. The lowest BCUT2D eigenvalue weighted by molar-refractivity contribution is 0.354. The molecule has 0 aliphatic rings. The van der Waals surface area contributed by atoms with Crippen molar-refractivity contribution >= 4 is 0 Å². The molecule has 2 nitrogen and oxygen atoms in total. The van der Waals surface area contributed by atoms with E-state index in [1.54, 1.807) is 0 Å². The summed E-state index contributed by atoms with van der Waals surface area (Å²) in [6.45, 7) is 8.65. The highest BCUT2D eigenvalue weighted by atomic mass is 14.9. The van der Waals surface area contributed by atoms with Gasteiger partial charge >= 0.3 is 0 Å². The summed E-state index contributed by atoms with van der Waals surface area (Å²) in [6, 6.07) is 0.645. The Balaban J connectivity index is 3.47. The molecule has 0 fully saturated rings. The molecule has 0 amide bonds. The van der Waals surface area contributed by atoms with Gasteiger partial charge in [-0.25, -0.2) is 0 Å². The third-order valence-electron chi connectivity index (χ3n) is 2.60. The second-order valence-electron chi connectivity index (χ2n) is 3.46. The molecule has 0 aliphatic heterocycles. The maximum absolute atomic E-state index is 5.42. The average molecular weight is 172 g/mol. The van der Waals surface area contributed by atoms with Crippen molar-refractivity contribution in [2.45, 2.75) is 46.1 Å². The van der Waals surface area contributed by atoms with Crippen LogP contribution in [0.15, 0.2) is 0 Å². The van der Waals surface area contributed by atoms with Gasteiger partial charge in [0, 0.05) is 6.04 Å². The van der Waals surface area contributed by atoms with E-state index in [9.17, 15) is 0 Å². The molecule has 74 valence electrons. The Labute approximate surface area is 76.9 Å². The van der Waals surface area contributed by atoms with Gasteiger partial charge in [-0.1, -0.05) is 26.7 Å². The van der Waals surface area contributed by atoms with Crippen molar-refractivity contribution in [1.82, 2.24) is 5.32 Å². The van der Waals surface area contributed by atoms with E-state index in [4.69, 9.17) is 5.73 Å². The van der Waals surface area contributed by atoms with E-state index in [2.05, 4.69) is 26.1 Å². The first kappa shape index (κ1) is 11.9. The molecular weight excluding hydrogens is 148 g/mol. The molecule has 0 radical (unpaired) electrons. The van der Waals surface area contributed by atoms with Crippen molar-refractivity contribution in [3.05, 3.63) is 0 Å². The normalized spacial score (nSPS) is 13.8. The second kappa shape index (κ2) is 7.56. The largest absolute Gasteiger partial charge is 0.330 e. The lowest BCUT2D eigenvalue weighted by atomic mass is 9.95. The minimum Gasteiger partial charge on any atom is -0.330 e. The Hall–Kier alpha value is -0.0800. The minimum atomic E-state index is 0.645. The lowest BCUT2D eigenvalue weighted by Crippen LogP contribution is -2.34. The van der Waals surface area contributed by atoms with E-state index in [-0.39, 0.29) is 0 Å². The number of rotatable bonds is 7. The molecule has 0 bridgehead atoms. The number of nitrogens with one attached hydrogen (secondary N) is 1. The first-order chi connectivity index (χ1) is 5.76. The first-order valence-corrected chi connectivity index (χ1v) is 5.19. The van der Waals surface area contributed by atoms with E-state index in [1.807, 2.05) is 0 Å². The van der Waals surface area contributed by atoms with Crippen LogP contribution in [0.25, 0.3) is 0 Å². The molecule has 0 aromatic heterocycles. The highest BCUT2D eigenvalue weighted by Gasteiger charge is 2.11. The van der Waals surface area contributed by atoms with E-state index in [0.717, 1.165) is 25.4 Å². The SMILES string of the molecule is CCC(CC)C(C)NCCCN. The smallest absolute Gasteiger partial charge is 0.00668 e. The minimum absolute atomic E-state index is 0.645. The number of nitrogens with two attached hydrogens (primary N) is 1. The molecule has 0 rings (SSSR count). The molecule has 12 heavy (non-hydrogen) atoms. The topological polar surface area (TPSA) is 38.0 Å². The molecule has 0 spiro atoms. The highest BCUT2D eigenvalue weighted by molar-refractivity contribution is 4.69. The number of hydrogen-bond acceptors (Lipinski definition) is 2. The first-order valence-electron chi connectivity index (χ1n) is 5.19. The molecule has 1 atom stereocenters. The summed E-state index contributed by atoms with van der Waals surface area (Å²) < 4.78 is 0. The molecular formula is C10H24N2. The van der Waals surface area contributed by atoms with Crippen LogP contribution in [0.4, 0.5) is 0 Å². The lowest BCUT2D eigenvalue weighted by Gasteiger charge is -2.22. The molecule has 0 heterocycles. The van der Waals surface area contributed by atoms with Gasteiger partial charge in [0.05, 0.1) is 0 Å². The van der Waals surface area contributed by atoms with Gasteiger partial charge in [-0.05, 0) is 32.4 Å². The van der Waals surface area contributed by atoms with Gasteiger partial charge in [0.25, 0.3) is 0 Å². The molecule has 1 unspecified atom stereocenters. The summed E-state index contributed by atoms with van der Waals surface area (Å²) in [7, 11) is 0. The van der Waals surface area contributed by atoms with Gasteiger partial charge in [-0.2, -0.15) is 0 Å². The molecule has 2 heteroatoms.